The van der Waals surface area contributed by atoms with Gasteiger partial charge in [0.05, 0.1) is 11.4 Å². The predicted molar refractivity (Wildman–Crippen MR) is 70.7 cm³/mol. The second kappa shape index (κ2) is 4.75. The van der Waals surface area contributed by atoms with Gasteiger partial charge >= 0.3 is 0 Å². The minimum absolute atomic E-state index is 0.0376. The van der Waals surface area contributed by atoms with Gasteiger partial charge in [0.15, 0.2) is 0 Å². The van der Waals surface area contributed by atoms with Gasteiger partial charge in [-0.25, -0.2) is 17.8 Å². The van der Waals surface area contributed by atoms with E-state index in [4.69, 9.17) is 4.74 Å². The highest BCUT2D eigenvalue weighted by Gasteiger charge is 2.30. The number of hydrogen-bond acceptors (Lipinski definition) is 4. The van der Waals surface area contributed by atoms with Gasteiger partial charge in [0.25, 0.3) is 10.0 Å². The first-order chi connectivity index (χ1) is 9.59. The maximum Gasteiger partial charge on any atom is 0.264 e. The van der Waals surface area contributed by atoms with Gasteiger partial charge in [-0.2, -0.15) is 0 Å². The fourth-order valence-electron chi connectivity index (χ4n) is 2.01. The standard InChI is InChI=1S/C13H11FN2O3S/c14-10-3-5-11(6-4-10)20(17,18)16-8-9-19-13-12(16)2-1-7-15-13/h1-7H,8-9H2. The molecule has 1 aromatic heterocycles. The van der Waals surface area contributed by atoms with Gasteiger partial charge in [-0.1, -0.05) is 0 Å². The fourth-order valence-corrected chi connectivity index (χ4v) is 3.46. The molecule has 0 saturated heterocycles. The van der Waals surface area contributed by atoms with Crippen molar-refractivity contribution in [2.24, 2.45) is 0 Å². The van der Waals surface area contributed by atoms with Gasteiger partial charge in [-0.15, -0.1) is 0 Å². The number of aromatic nitrogens is 1. The van der Waals surface area contributed by atoms with Crippen molar-refractivity contribution < 1.29 is 17.5 Å². The summed E-state index contributed by atoms with van der Waals surface area (Å²) < 4.78 is 44.6. The number of anilines is 1. The quantitative estimate of drug-likeness (QED) is 0.847. The number of ether oxygens (including phenoxy) is 1. The van der Waals surface area contributed by atoms with E-state index < -0.39 is 15.8 Å². The minimum atomic E-state index is -3.75. The molecule has 0 saturated carbocycles. The molecule has 0 radical (unpaired) electrons. The topological polar surface area (TPSA) is 59.5 Å². The first-order valence-corrected chi connectivity index (χ1v) is 7.39. The predicted octanol–water partition coefficient (Wildman–Crippen LogP) is 1.81. The third-order valence-corrected chi connectivity index (χ3v) is 4.78. The highest BCUT2D eigenvalue weighted by Crippen LogP contribution is 2.32. The molecule has 0 fully saturated rings. The van der Waals surface area contributed by atoms with Crippen molar-refractivity contribution in [3.63, 3.8) is 0 Å². The lowest BCUT2D eigenvalue weighted by molar-refractivity contribution is 0.303. The van der Waals surface area contributed by atoms with E-state index in [1.54, 1.807) is 12.1 Å². The highest BCUT2D eigenvalue weighted by atomic mass is 32.2. The van der Waals surface area contributed by atoms with Crippen molar-refractivity contribution >= 4 is 15.7 Å². The van der Waals surface area contributed by atoms with Gasteiger partial charge < -0.3 is 4.74 Å². The lowest BCUT2D eigenvalue weighted by atomic mass is 10.3. The van der Waals surface area contributed by atoms with Crippen LogP contribution in [0.3, 0.4) is 0 Å². The maximum atomic E-state index is 12.9. The Morgan fingerprint density at radius 1 is 1.20 bits per heavy atom. The number of nitrogens with zero attached hydrogens (tertiary/aromatic N) is 2. The highest BCUT2D eigenvalue weighted by molar-refractivity contribution is 7.92. The van der Waals surface area contributed by atoms with Crippen LogP contribution < -0.4 is 9.04 Å². The van der Waals surface area contributed by atoms with Gasteiger partial charge in [-0.3, -0.25) is 4.31 Å². The lowest BCUT2D eigenvalue weighted by Crippen LogP contribution is -2.38. The molecule has 0 spiro atoms. The van der Waals surface area contributed by atoms with Crippen molar-refractivity contribution in [1.82, 2.24) is 4.98 Å². The van der Waals surface area contributed by atoms with Crippen LogP contribution in [-0.4, -0.2) is 26.6 Å². The van der Waals surface area contributed by atoms with Gasteiger partial charge in [0.1, 0.15) is 18.1 Å². The third kappa shape index (κ3) is 2.09. The second-order valence-corrected chi connectivity index (χ2v) is 6.07. The van der Waals surface area contributed by atoms with Crippen LogP contribution >= 0.6 is 0 Å². The number of rotatable bonds is 2. The molecular weight excluding hydrogens is 283 g/mol. The fraction of sp³-hybridized carbons (Fsp3) is 0.154. The zero-order chi connectivity index (χ0) is 14.2. The van der Waals surface area contributed by atoms with Crippen LogP contribution in [0.15, 0.2) is 47.5 Å². The summed E-state index contributed by atoms with van der Waals surface area (Å²) in [5.74, 6) is -0.197. The largest absolute Gasteiger partial charge is 0.474 e. The number of halogens is 1. The van der Waals surface area contributed by atoms with E-state index in [9.17, 15) is 12.8 Å². The van der Waals surface area contributed by atoms with Crippen LogP contribution in [0.2, 0.25) is 0 Å². The monoisotopic (exact) mass is 294 g/mol. The van der Waals surface area contributed by atoms with E-state index in [1.807, 2.05) is 0 Å². The van der Waals surface area contributed by atoms with E-state index in [2.05, 4.69) is 4.98 Å². The van der Waals surface area contributed by atoms with Crippen molar-refractivity contribution in [2.45, 2.75) is 4.90 Å². The molecular formula is C13H11FN2O3S. The molecule has 0 atom stereocenters. The molecule has 1 aliphatic rings. The molecule has 3 rings (SSSR count). The van der Waals surface area contributed by atoms with E-state index in [0.29, 0.717) is 5.69 Å². The van der Waals surface area contributed by atoms with Crippen LogP contribution in [0.1, 0.15) is 0 Å². The third-order valence-electron chi connectivity index (χ3n) is 2.95. The van der Waals surface area contributed by atoms with Crippen molar-refractivity contribution in [3.8, 4) is 5.88 Å². The molecule has 0 amide bonds. The summed E-state index contributed by atoms with van der Waals surface area (Å²) in [5.41, 5.74) is 0.392. The zero-order valence-corrected chi connectivity index (χ0v) is 11.2. The number of benzene rings is 1. The van der Waals surface area contributed by atoms with Crippen molar-refractivity contribution in [3.05, 3.63) is 48.4 Å². The van der Waals surface area contributed by atoms with E-state index >= 15 is 0 Å². The summed E-state index contributed by atoms with van der Waals surface area (Å²) in [6, 6.07) is 8.00. The Morgan fingerprint density at radius 2 is 1.95 bits per heavy atom. The molecule has 0 aliphatic carbocycles. The Labute approximate surface area is 115 Å². The second-order valence-electron chi connectivity index (χ2n) is 4.21. The average Bonchev–Trinajstić information content (AvgIpc) is 2.47. The van der Waals surface area contributed by atoms with Crippen molar-refractivity contribution in [2.75, 3.05) is 17.5 Å². The Hall–Kier alpha value is -2.15. The first-order valence-electron chi connectivity index (χ1n) is 5.95. The number of fused-ring (bicyclic) bond motifs is 1. The number of pyridine rings is 1. The molecule has 0 bridgehead atoms. The summed E-state index contributed by atoms with van der Waals surface area (Å²) in [4.78, 5) is 4.04. The molecule has 1 aromatic carbocycles. The molecule has 0 unspecified atom stereocenters. The molecule has 20 heavy (non-hydrogen) atoms. The van der Waals surface area contributed by atoms with E-state index in [1.165, 1.54) is 22.6 Å². The van der Waals surface area contributed by atoms with Crippen LogP contribution in [-0.2, 0) is 10.0 Å². The van der Waals surface area contributed by atoms with Crippen LogP contribution in [0.25, 0.3) is 0 Å². The van der Waals surface area contributed by atoms with Gasteiger partial charge in [0, 0.05) is 6.20 Å². The lowest BCUT2D eigenvalue weighted by Gasteiger charge is -2.29. The first kappa shape index (κ1) is 12.9. The summed E-state index contributed by atoms with van der Waals surface area (Å²) in [7, 11) is -3.75. The number of sulfonamides is 1. The summed E-state index contributed by atoms with van der Waals surface area (Å²) in [5, 5.41) is 0. The maximum absolute atomic E-state index is 12.9. The molecule has 7 heteroatoms. The van der Waals surface area contributed by atoms with Crippen LogP contribution in [0, 0.1) is 5.82 Å². The Bertz CT molecular complexity index is 732. The Morgan fingerprint density at radius 3 is 2.70 bits per heavy atom. The molecule has 1 aliphatic heterocycles. The summed E-state index contributed by atoms with van der Waals surface area (Å²) >= 11 is 0. The van der Waals surface area contributed by atoms with Gasteiger partial charge in [-0.05, 0) is 36.4 Å². The van der Waals surface area contributed by atoms with Crippen LogP contribution in [0.5, 0.6) is 5.88 Å². The molecule has 0 N–H and O–H groups in total. The van der Waals surface area contributed by atoms with E-state index in [0.717, 1.165) is 12.1 Å². The minimum Gasteiger partial charge on any atom is -0.474 e. The SMILES string of the molecule is O=S(=O)(c1ccc(F)cc1)N1CCOc2ncccc21. The smallest absolute Gasteiger partial charge is 0.264 e. The molecule has 104 valence electrons. The van der Waals surface area contributed by atoms with Crippen molar-refractivity contribution in [1.29, 1.82) is 0 Å². The molecule has 5 nitrogen and oxygen atoms in total. The Balaban J connectivity index is 2.07. The summed E-state index contributed by atoms with van der Waals surface area (Å²) in [6.07, 6.45) is 1.53. The van der Waals surface area contributed by atoms with Crippen LogP contribution in [0.4, 0.5) is 10.1 Å². The Kier molecular flexibility index (Phi) is 3.06. The summed E-state index contributed by atoms with van der Waals surface area (Å²) in [6.45, 7) is 0.419. The molecule has 2 aromatic rings. The van der Waals surface area contributed by atoms with E-state index in [-0.39, 0.29) is 23.9 Å². The average molecular weight is 294 g/mol. The normalized spacial score (nSPS) is 14.6. The number of hydrogen-bond donors (Lipinski definition) is 0. The molecule has 2 heterocycles. The van der Waals surface area contributed by atoms with Gasteiger partial charge in [0.2, 0.25) is 5.88 Å². The zero-order valence-electron chi connectivity index (χ0n) is 10.4.